The second-order valence-corrected chi connectivity index (χ2v) is 5.44. The summed E-state index contributed by atoms with van der Waals surface area (Å²) in [6, 6.07) is 8.27. The molecular formula is C16H19N3O. The van der Waals surface area contributed by atoms with Gasteiger partial charge in [-0.1, -0.05) is 24.3 Å². The molecule has 0 radical (unpaired) electrons. The molecule has 2 heterocycles. The average Bonchev–Trinajstić information content (AvgIpc) is 2.89. The van der Waals surface area contributed by atoms with E-state index >= 15 is 0 Å². The number of nitrogens with zero attached hydrogens (tertiary/aromatic N) is 2. The van der Waals surface area contributed by atoms with Gasteiger partial charge in [0.2, 0.25) is 5.91 Å². The van der Waals surface area contributed by atoms with Crippen LogP contribution in [0.15, 0.2) is 36.8 Å². The zero-order valence-electron chi connectivity index (χ0n) is 11.7. The number of hydrogen-bond donors (Lipinski definition) is 1. The Balaban J connectivity index is 1.59. The zero-order chi connectivity index (χ0) is 13.9. The maximum absolute atomic E-state index is 12.1. The Morgan fingerprint density at radius 2 is 2.30 bits per heavy atom. The van der Waals surface area contributed by atoms with Crippen molar-refractivity contribution < 1.29 is 4.79 Å². The molecule has 0 spiro atoms. The number of nitrogens with one attached hydrogen (secondary N) is 1. The van der Waals surface area contributed by atoms with Crippen LogP contribution in [0.25, 0.3) is 0 Å². The molecule has 0 bridgehead atoms. The van der Waals surface area contributed by atoms with Crippen LogP contribution >= 0.6 is 0 Å². The molecule has 2 aromatic rings. The van der Waals surface area contributed by atoms with Crippen molar-refractivity contribution in [1.82, 2.24) is 14.9 Å². The van der Waals surface area contributed by atoms with Gasteiger partial charge in [0.25, 0.3) is 0 Å². The van der Waals surface area contributed by atoms with Gasteiger partial charge in [0.15, 0.2) is 0 Å². The number of amides is 1. The summed E-state index contributed by atoms with van der Waals surface area (Å²) in [6.07, 6.45) is 6.06. The molecular weight excluding hydrogens is 250 g/mol. The molecule has 1 aliphatic heterocycles. The van der Waals surface area contributed by atoms with E-state index in [-0.39, 0.29) is 11.9 Å². The largest absolute Gasteiger partial charge is 0.353 e. The molecule has 4 nitrogen and oxygen atoms in total. The second-order valence-electron chi connectivity index (χ2n) is 5.44. The van der Waals surface area contributed by atoms with E-state index in [1.165, 1.54) is 11.3 Å². The van der Waals surface area contributed by atoms with Crippen LogP contribution in [0, 0.1) is 6.92 Å². The highest BCUT2D eigenvalue weighted by Crippen LogP contribution is 2.14. The van der Waals surface area contributed by atoms with Crippen molar-refractivity contribution in [2.24, 2.45) is 0 Å². The molecule has 1 aromatic heterocycles. The molecule has 20 heavy (non-hydrogen) atoms. The zero-order valence-corrected chi connectivity index (χ0v) is 11.7. The topological polar surface area (TPSA) is 46.9 Å². The molecule has 0 aliphatic carbocycles. The Labute approximate surface area is 118 Å². The monoisotopic (exact) mass is 269 g/mol. The van der Waals surface area contributed by atoms with Gasteiger partial charge < -0.3 is 9.88 Å². The Hall–Kier alpha value is -2.10. The maximum Gasteiger partial charge on any atom is 0.224 e. The van der Waals surface area contributed by atoms with Crippen LogP contribution in [0.4, 0.5) is 0 Å². The Bertz CT molecular complexity index is 618. The number of rotatable bonds is 3. The quantitative estimate of drug-likeness (QED) is 0.924. The van der Waals surface area contributed by atoms with Crippen molar-refractivity contribution in [3.05, 3.63) is 53.6 Å². The van der Waals surface area contributed by atoms with E-state index in [0.29, 0.717) is 6.42 Å². The molecule has 1 unspecified atom stereocenters. The molecule has 1 amide bonds. The molecule has 0 saturated carbocycles. The molecule has 1 atom stereocenters. The van der Waals surface area contributed by atoms with Crippen LogP contribution in [-0.2, 0) is 24.2 Å². The lowest BCUT2D eigenvalue weighted by molar-refractivity contribution is -0.121. The third kappa shape index (κ3) is 2.74. The number of fused-ring (bicyclic) bond motifs is 1. The highest BCUT2D eigenvalue weighted by molar-refractivity contribution is 5.79. The normalized spacial score (nSPS) is 17.6. The summed E-state index contributed by atoms with van der Waals surface area (Å²) >= 11 is 0. The number of aromatic nitrogens is 2. The van der Waals surface area contributed by atoms with Gasteiger partial charge in [0.1, 0.15) is 0 Å². The highest BCUT2D eigenvalue weighted by Gasteiger charge is 2.20. The van der Waals surface area contributed by atoms with E-state index in [4.69, 9.17) is 0 Å². The SMILES string of the molecule is Cc1ccccc1CC(=O)NC1CCn2cncc2C1. The van der Waals surface area contributed by atoms with Crippen LogP contribution < -0.4 is 5.32 Å². The predicted octanol–water partition coefficient (Wildman–Crippen LogP) is 1.87. The van der Waals surface area contributed by atoms with Crippen LogP contribution in [-0.4, -0.2) is 21.5 Å². The Morgan fingerprint density at radius 1 is 1.45 bits per heavy atom. The summed E-state index contributed by atoms with van der Waals surface area (Å²) in [6.45, 7) is 2.98. The fourth-order valence-corrected chi connectivity index (χ4v) is 2.75. The number of aryl methyl sites for hydroxylation is 2. The fraction of sp³-hybridized carbons (Fsp3) is 0.375. The molecule has 0 saturated heterocycles. The third-order valence-corrected chi connectivity index (χ3v) is 3.95. The minimum Gasteiger partial charge on any atom is -0.353 e. The van der Waals surface area contributed by atoms with Crippen LogP contribution in [0.1, 0.15) is 23.2 Å². The predicted molar refractivity (Wildman–Crippen MR) is 77.4 cm³/mol. The van der Waals surface area contributed by atoms with Crippen LogP contribution in [0.2, 0.25) is 0 Å². The van der Waals surface area contributed by atoms with Crippen molar-refractivity contribution in [3.63, 3.8) is 0 Å². The molecule has 1 aromatic carbocycles. The molecule has 4 heteroatoms. The number of imidazole rings is 1. The molecule has 3 rings (SSSR count). The number of carbonyl (C=O) groups excluding carboxylic acids is 1. The lowest BCUT2D eigenvalue weighted by Gasteiger charge is -2.24. The maximum atomic E-state index is 12.1. The summed E-state index contributed by atoms with van der Waals surface area (Å²) < 4.78 is 2.16. The second kappa shape index (κ2) is 5.49. The summed E-state index contributed by atoms with van der Waals surface area (Å²) in [5, 5.41) is 3.15. The van der Waals surface area contributed by atoms with Gasteiger partial charge in [-0.05, 0) is 24.5 Å². The van der Waals surface area contributed by atoms with Crippen molar-refractivity contribution >= 4 is 5.91 Å². The van der Waals surface area contributed by atoms with Gasteiger partial charge in [0, 0.05) is 30.9 Å². The van der Waals surface area contributed by atoms with E-state index < -0.39 is 0 Å². The number of hydrogen-bond acceptors (Lipinski definition) is 2. The standard InChI is InChI=1S/C16H19N3O/c1-12-4-2-3-5-13(12)8-16(20)18-14-6-7-19-11-17-10-15(19)9-14/h2-5,10-11,14H,6-9H2,1H3,(H,18,20). The molecule has 0 fully saturated rings. The first-order chi connectivity index (χ1) is 9.72. The summed E-state index contributed by atoms with van der Waals surface area (Å²) in [5.41, 5.74) is 3.48. The van der Waals surface area contributed by atoms with Gasteiger partial charge >= 0.3 is 0 Å². The first-order valence-corrected chi connectivity index (χ1v) is 7.05. The smallest absolute Gasteiger partial charge is 0.224 e. The van der Waals surface area contributed by atoms with E-state index in [1.54, 1.807) is 0 Å². The van der Waals surface area contributed by atoms with E-state index in [2.05, 4.69) is 14.9 Å². The third-order valence-electron chi connectivity index (χ3n) is 3.95. The Kier molecular flexibility index (Phi) is 3.54. The summed E-state index contributed by atoms with van der Waals surface area (Å²) in [7, 11) is 0. The van der Waals surface area contributed by atoms with Gasteiger partial charge in [0.05, 0.1) is 12.7 Å². The first-order valence-electron chi connectivity index (χ1n) is 7.05. The average molecular weight is 269 g/mol. The van der Waals surface area contributed by atoms with Crippen molar-refractivity contribution in [3.8, 4) is 0 Å². The van der Waals surface area contributed by atoms with Gasteiger partial charge in [-0.15, -0.1) is 0 Å². The van der Waals surface area contributed by atoms with Crippen molar-refractivity contribution in [2.75, 3.05) is 0 Å². The fourth-order valence-electron chi connectivity index (χ4n) is 2.75. The van der Waals surface area contributed by atoms with Crippen molar-refractivity contribution in [1.29, 1.82) is 0 Å². The molecule has 1 N–H and O–H groups in total. The van der Waals surface area contributed by atoms with E-state index in [9.17, 15) is 4.79 Å². The highest BCUT2D eigenvalue weighted by atomic mass is 16.1. The van der Waals surface area contributed by atoms with Crippen molar-refractivity contribution in [2.45, 2.75) is 38.8 Å². The summed E-state index contributed by atoms with van der Waals surface area (Å²) in [5.74, 6) is 0.109. The van der Waals surface area contributed by atoms with E-state index in [0.717, 1.165) is 24.9 Å². The Morgan fingerprint density at radius 3 is 3.15 bits per heavy atom. The first kappa shape index (κ1) is 12.9. The minimum atomic E-state index is 0.109. The molecule has 1 aliphatic rings. The number of benzene rings is 1. The molecule has 104 valence electrons. The van der Waals surface area contributed by atoms with Gasteiger partial charge in [-0.2, -0.15) is 0 Å². The van der Waals surface area contributed by atoms with Crippen LogP contribution in [0.3, 0.4) is 0 Å². The van der Waals surface area contributed by atoms with Gasteiger partial charge in [-0.25, -0.2) is 4.98 Å². The van der Waals surface area contributed by atoms with Gasteiger partial charge in [-0.3, -0.25) is 4.79 Å². The lowest BCUT2D eigenvalue weighted by atomic mass is 10.0. The minimum absolute atomic E-state index is 0.109. The van der Waals surface area contributed by atoms with E-state index in [1.807, 2.05) is 43.7 Å². The number of carbonyl (C=O) groups is 1. The lowest BCUT2D eigenvalue weighted by Crippen LogP contribution is -2.40. The summed E-state index contributed by atoms with van der Waals surface area (Å²) in [4.78, 5) is 16.3. The van der Waals surface area contributed by atoms with Crippen LogP contribution in [0.5, 0.6) is 0 Å².